The van der Waals surface area contributed by atoms with Crippen molar-refractivity contribution in [3.8, 4) is 0 Å². The summed E-state index contributed by atoms with van der Waals surface area (Å²) in [5.41, 5.74) is 15.3. The molecule has 0 unspecified atom stereocenters. The Morgan fingerprint density at radius 2 is 1.50 bits per heavy atom. The van der Waals surface area contributed by atoms with Crippen LogP contribution in [0.1, 0.15) is 0 Å². The van der Waals surface area contributed by atoms with E-state index >= 15 is 0 Å². The molecule has 0 aliphatic carbocycles. The van der Waals surface area contributed by atoms with E-state index in [1.54, 1.807) is 0 Å². The lowest BCUT2D eigenvalue weighted by Gasteiger charge is -2.00. The average Bonchev–Trinajstić information content (AvgIpc) is 1.85. The summed E-state index contributed by atoms with van der Waals surface area (Å²) in [5.74, 6) is 0.106. The third-order valence-electron chi connectivity index (χ3n) is 0.729. The predicted octanol–water partition coefficient (Wildman–Crippen LogP) is -1.68. The first-order valence-electron chi connectivity index (χ1n) is 2.04. The van der Waals surface area contributed by atoms with Crippen LogP contribution in [0.2, 0.25) is 0 Å². The van der Waals surface area contributed by atoms with E-state index in [1.165, 1.54) is 0 Å². The van der Waals surface area contributed by atoms with Gasteiger partial charge in [-0.15, -0.1) is 0 Å². The predicted molar refractivity (Wildman–Crippen MR) is 25.5 cm³/mol. The monoisotopic (exact) mass is 117 g/mol. The highest BCUT2D eigenvalue weighted by Gasteiger charge is 2.17. The summed E-state index contributed by atoms with van der Waals surface area (Å²) in [6, 6.07) is 0. The lowest BCUT2D eigenvalue weighted by molar-refractivity contribution is -0.0338. The van der Waals surface area contributed by atoms with Gasteiger partial charge in [0, 0.05) is 0 Å². The number of hydrogen-bond acceptors (Lipinski definition) is 5. The van der Waals surface area contributed by atoms with Crippen molar-refractivity contribution >= 4 is 0 Å². The van der Waals surface area contributed by atoms with Crippen LogP contribution >= 0.6 is 0 Å². The van der Waals surface area contributed by atoms with Crippen LogP contribution in [0.5, 0.6) is 0 Å². The van der Waals surface area contributed by atoms with Gasteiger partial charge in [-0.25, -0.2) is 0 Å². The molecule has 0 saturated carbocycles. The molecule has 0 amide bonds. The Labute approximate surface area is 46.0 Å². The highest BCUT2D eigenvalue weighted by atomic mass is 16.7. The Balaban J connectivity index is 2.60. The van der Waals surface area contributed by atoms with Crippen LogP contribution in [0, 0.1) is 0 Å². The molecule has 0 atom stereocenters. The van der Waals surface area contributed by atoms with Gasteiger partial charge in [-0.2, -0.15) is 0 Å². The van der Waals surface area contributed by atoms with E-state index in [1.807, 2.05) is 0 Å². The van der Waals surface area contributed by atoms with Crippen molar-refractivity contribution < 1.29 is 9.47 Å². The third-order valence-corrected chi connectivity index (χ3v) is 0.729. The molecule has 1 aliphatic rings. The fourth-order valence-corrected chi connectivity index (χ4v) is 0.390. The molecular weight excluding hydrogens is 110 g/mol. The van der Waals surface area contributed by atoms with Gasteiger partial charge in [0.1, 0.15) is 0 Å². The maximum atomic E-state index is 5.10. The molecule has 0 fully saturated rings. The molecule has 6 N–H and O–H groups in total. The van der Waals surface area contributed by atoms with Gasteiger partial charge >= 0.3 is 6.41 Å². The van der Waals surface area contributed by atoms with Gasteiger partial charge in [-0.05, 0) is 0 Å². The fraction of sp³-hybridized carbons (Fsp3) is 0.333. The minimum atomic E-state index is -0.824. The van der Waals surface area contributed by atoms with Gasteiger partial charge in [0.15, 0.2) is 0 Å². The Hall–Kier alpha value is -1.10. The van der Waals surface area contributed by atoms with Crippen molar-refractivity contribution in [3.63, 3.8) is 0 Å². The van der Waals surface area contributed by atoms with Crippen LogP contribution < -0.4 is 17.2 Å². The van der Waals surface area contributed by atoms with E-state index in [-0.39, 0.29) is 11.8 Å². The Morgan fingerprint density at radius 1 is 1.12 bits per heavy atom. The van der Waals surface area contributed by atoms with Gasteiger partial charge in [-0.3, -0.25) is 5.73 Å². The van der Waals surface area contributed by atoms with Crippen molar-refractivity contribution in [1.29, 1.82) is 0 Å². The molecule has 1 heterocycles. The zero-order valence-electron chi connectivity index (χ0n) is 4.13. The highest BCUT2D eigenvalue weighted by molar-refractivity contribution is 4.95. The van der Waals surface area contributed by atoms with Crippen LogP contribution in [0.3, 0.4) is 0 Å². The van der Waals surface area contributed by atoms with E-state index in [4.69, 9.17) is 17.2 Å². The van der Waals surface area contributed by atoms with E-state index in [9.17, 15) is 0 Å². The average molecular weight is 117 g/mol. The lowest BCUT2D eigenvalue weighted by Crippen LogP contribution is -2.21. The molecule has 5 heteroatoms. The maximum Gasteiger partial charge on any atom is 0.303 e. The van der Waals surface area contributed by atoms with Crippen molar-refractivity contribution in [2.24, 2.45) is 17.2 Å². The molecule has 0 spiro atoms. The lowest BCUT2D eigenvalue weighted by atomic mass is 10.8. The molecule has 0 saturated heterocycles. The van der Waals surface area contributed by atoms with Crippen molar-refractivity contribution in [2.45, 2.75) is 6.41 Å². The standard InChI is InChI=1S/C3H7N3O2/c4-1-2(5)8-3(6)7-1/h3H,4-6H2. The molecule has 0 radical (unpaired) electrons. The molecular formula is C3H7N3O2. The molecule has 0 bridgehead atoms. The largest absolute Gasteiger partial charge is 0.422 e. The molecule has 0 aromatic carbocycles. The Morgan fingerprint density at radius 3 is 1.62 bits per heavy atom. The molecule has 8 heavy (non-hydrogen) atoms. The first kappa shape index (κ1) is 5.04. The van der Waals surface area contributed by atoms with E-state index in [0.29, 0.717) is 0 Å². The zero-order chi connectivity index (χ0) is 6.15. The first-order chi connectivity index (χ1) is 3.70. The van der Waals surface area contributed by atoms with Crippen LogP contribution in [-0.2, 0) is 9.47 Å². The van der Waals surface area contributed by atoms with Crippen LogP contribution in [0.4, 0.5) is 0 Å². The minimum Gasteiger partial charge on any atom is -0.422 e. The third kappa shape index (κ3) is 0.627. The van der Waals surface area contributed by atoms with Crippen LogP contribution in [0.15, 0.2) is 11.8 Å². The van der Waals surface area contributed by atoms with E-state index in [0.717, 1.165) is 0 Å². The molecule has 46 valence electrons. The van der Waals surface area contributed by atoms with Crippen molar-refractivity contribution in [3.05, 3.63) is 11.8 Å². The smallest absolute Gasteiger partial charge is 0.303 e. The minimum absolute atomic E-state index is 0.0532. The molecule has 0 aromatic rings. The summed E-state index contributed by atoms with van der Waals surface area (Å²) in [5, 5.41) is 0. The number of nitrogens with two attached hydrogens (primary N) is 3. The molecule has 1 rings (SSSR count). The number of rotatable bonds is 0. The van der Waals surface area contributed by atoms with Crippen LogP contribution in [-0.4, -0.2) is 6.41 Å². The molecule has 1 aliphatic heterocycles. The summed E-state index contributed by atoms with van der Waals surface area (Å²) in [6.07, 6.45) is -0.824. The van der Waals surface area contributed by atoms with E-state index in [2.05, 4.69) is 9.47 Å². The Kier molecular flexibility index (Phi) is 0.911. The second-order valence-corrected chi connectivity index (χ2v) is 1.33. The SMILES string of the molecule is NC1=C(N)OC(N)O1. The number of ether oxygens (including phenoxy) is 2. The topological polar surface area (TPSA) is 96.5 Å². The van der Waals surface area contributed by atoms with Gasteiger partial charge in [0.2, 0.25) is 0 Å². The maximum absolute atomic E-state index is 5.10. The zero-order valence-corrected chi connectivity index (χ0v) is 4.13. The summed E-state index contributed by atoms with van der Waals surface area (Å²) in [7, 11) is 0. The molecule has 0 aromatic heterocycles. The second-order valence-electron chi connectivity index (χ2n) is 1.33. The summed E-state index contributed by atoms with van der Waals surface area (Å²) >= 11 is 0. The van der Waals surface area contributed by atoms with Gasteiger partial charge in [-0.1, -0.05) is 0 Å². The van der Waals surface area contributed by atoms with Gasteiger partial charge < -0.3 is 20.9 Å². The van der Waals surface area contributed by atoms with E-state index < -0.39 is 6.41 Å². The molecule has 5 nitrogen and oxygen atoms in total. The Bertz CT molecular complexity index is 118. The normalized spacial score (nSPS) is 20.6. The van der Waals surface area contributed by atoms with Gasteiger partial charge in [0.25, 0.3) is 11.8 Å². The van der Waals surface area contributed by atoms with Gasteiger partial charge in [0.05, 0.1) is 0 Å². The first-order valence-corrected chi connectivity index (χ1v) is 2.04. The van der Waals surface area contributed by atoms with Crippen molar-refractivity contribution in [1.82, 2.24) is 0 Å². The quantitative estimate of drug-likeness (QED) is 0.352. The summed E-state index contributed by atoms with van der Waals surface area (Å²) < 4.78 is 9.12. The summed E-state index contributed by atoms with van der Waals surface area (Å²) in [6.45, 7) is 0. The number of hydrogen-bond donors (Lipinski definition) is 3. The fourth-order valence-electron chi connectivity index (χ4n) is 0.390. The second kappa shape index (κ2) is 1.45. The summed E-state index contributed by atoms with van der Waals surface area (Å²) in [4.78, 5) is 0. The van der Waals surface area contributed by atoms with Crippen molar-refractivity contribution in [2.75, 3.05) is 0 Å². The van der Waals surface area contributed by atoms with Crippen LogP contribution in [0.25, 0.3) is 0 Å². The highest BCUT2D eigenvalue weighted by Crippen LogP contribution is 2.08.